The van der Waals surface area contributed by atoms with Crippen LogP contribution in [0.25, 0.3) is 0 Å². The van der Waals surface area contributed by atoms with E-state index in [2.05, 4.69) is 16.3 Å². The summed E-state index contributed by atoms with van der Waals surface area (Å²) in [7, 11) is 0. The van der Waals surface area contributed by atoms with Gasteiger partial charge in [-0.25, -0.2) is 0 Å². The van der Waals surface area contributed by atoms with Crippen molar-refractivity contribution in [2.24, 2.45) is 0 Å². The standard InChI is InChI=1S/C13H17ClN2O/c1-10-4-5-11(9-12(10)14)16-7-2-3-13(17)15-6-8-16/h4-5,9H,2-3,6-8H2,1H3,(H,15,17). The smallest absolute Gasteiger partial charge is 0.220 e. The summed E-state index contributed by atoms with van der Waals surface area (Å²) in [5.41, 5.74) is 2.23. The molecule has 0 aromatic heterocycles. The van der Waals surface area contributed by atoms with Crippen molar-refractivity contribution in [3.05, 3.63) is 28.8 Å². The van der Waals surface area contributed by atoms with E-state index in [9.17, 15) is 4.79 Å². The Kier molecular flexibility index (Phi) is 3.89. The highest BCUT2D eigenvalue weighted by molar-refractivity contribution is 6.31. The molecule has 0 radical (unpaired) electrons. The van der Waals surface area contributed by atoms with Crippen LogP contribution in [0, 0.1) is 6.92 Å². The van der Waals surface area contributed by atoms with Gasteiger partial charge in [-0.05, 0) is 31.0 Å². The molecule has 1 amide bonds. The van der Waals surface area contributed by atoms with E-state index >= 15 is 0 Å². The molecule has 0 atom stereocenters. The van der Waals surface area contributed by atoms with E-state index in [1.807, 2.05) is 19.1 Å². The summed E-state index contributed by atoms with van der Waals surface area (Å²) in [5, 5.41) is 3.70. The van der Waals surface area contributed by atoms with E-state index in [0.29, 0.717) is 13.0 Å². The summed E-state index contributed by atoms with van der Waals surface area (Å²) in [6.45, 7) is 4.45. The van der Waals surface area contributed by atoms with E-state index in [4.69, 9.17) is 11.6 Å². The number of anilines is 1. The fraction of sp³-hybridized carbons (Fsp3) is 0.462. The third-order valence-corrected chi connectivity index (χ3v) is 3.46. The van der Waals surface area contributed by atoms with Crippen molar-refractivity contribution < 1.29 is 4.79 Å². The first kappa shape index (κ1) is 12.2. The summed E-state index contributed by atoms with van der Waals surface area (Å²) in [5.74, 6) is 0.159. The van der Waals surface area contributed by atoms with Crippen molar-refractivity contribution in [2.45, 2.75) is 19.8 Å². The van der Waals surface area contributed by atoms with E-state index < -0.39 is 0 Å². The van der Waals surface area contributed by atoms with Crippen LogP contribution in [-0.4, -0.2) is 25.5 Å². The lowest BCUT2D eigenvalue weighted by atomic mass is 10.2. The van der Waals surface area contributed by atoms with Gasteiger partial charge in [0.1, 0.15) is 0 Å². The van der Waals surface area contributed by atoms with Crippen LogP contribution in [0.5, 0.6) is 0 Å². The lowest BCUT2D eigenvalue weighted by molar-refractivity contribution is -0.121. The fourth-order valence-electron chi connectivity index (χ4n) is 2.00. The molecule has 17 heavy (non-hydrogen) atoms. The molecule has 1 aromatic carbocycles. The molecule has 1 saturated heterocycles. The zero-order chi connectivity index (χ0) is 12.3. The van der Waals surface area contributed by atoms with Gasteiger partial charge in [0, 0.05) is 36.8 Å². The molecule has 1 N–H and O–H groups in total. The molecule has 2 rings (SSSR count). The predicted octanol–water partition coefficient (Wildman–Crippen LogP) is 2.36. The van der Waals surface area contributed by atoms with Crippen molar-refractivity contribution >= 4 is 23.2 Å². The number of hydrogen-bond acceptors (Lipinski definition) is 2. The molecule has 0 unspecified atom stereocenters. The third kappa shape index (κ3) is 3.13. The van der Waals surface area contributed by atoms with Gasteiger partial charge in [0.05, 0.1) is 0 Å². The van der Waals surface area contributed by atoms with Gasteiger partial charge in [-0.2, -0.15) is 0 Å². The lowest BCUT2D eigenvalue weighted by Crippen LogP contribution is -2.38. The second kappa shape index (κ2) is 5.41. The minimum atomic E-state index is 0.159. The average molecular weight is 253 g/mol. The zero-order valence-corrected chi connectivity index (χ0v) is 10.8. The number of aryl methyl sites for hydroxylation is 1. The average Bonchev–Trinajstić information content (AvgIpc) is 2.27. The van der Waals surface area contributed by atoms with Gasteiger partial charge in [-0.15, -0.1) is 0 Å². The Morgan fingerprint density at radius 3 is 2.94 bits per heavy atom. The Morgan fingerprint density at radius 2 is 2.18 bits per heavy atom. The lowest BCUT2D eigenvalue weighted by Gasteiger charge is -2.27. The highest BCUT2D eigenvalue weighted by atomic mass is 35.5. The van der Waals surface area contributed by atoms with Crippen LogP contribution >= 0.6 is 11.6 Å². The molecule has 1 aliphatic heterocycles. The highest BCUT2D eigenvalue weighted by Gasteiger charge is 2.12. The second-order valence-corrected chi connectivity index (χ2v) is 4.78. The molecule has 1 heterocycles. The minimum Gasteiger partial charge on any atom is -0.370 e. The van der Waals surface area contributed by atoms with Gasteiger partial charge < -0.3 is 10.2 Å². The molecule has 1 aromatic rings. The molecule has 4 heteroatoms. The maximum atomic E-state index is 11.2. The van der Waals surface area contributed by atoms with E-state index in [-0.39, 0.29) is 5.91 Å². The van der Waals surface area contributed by atoms with Crippen LogP contribution in [0.4, 0.5) is 5.69 Å². The summed E-state index contributed by atoms with van der Waals surface area (Å²) in [6.07, 6.45) is 1.49. The molecule has 92 valence electrons. The first-order valence-electron chi connectivity index (χ1n) is 5.94. The molecular formula is C13H17ClN2O. The van der Waals surface area contributed by atoms with Gasteiger partial charge >= 0.3 is 0 Å². The number of nitrogens with one attached hydrogen (secondary N) is 1. The van der Waals surface area contributed by atoms with Gasteiger partial charge in [0.2, 0.25) is 5.91 Å². The summed E-state index contributed by atoms with van der Waals surface area (Å²) >= 11 is 6.13. The van der Waals surface area contributed by atoms with Crippen molar-refractivity contribution in [3.8, 4) is 0 Å². The number of amides is 1. The molecule has 0 aliphatic carbocycles. The minimum absolute atomic E-state index is 0.159. The molecule has 0 saturated carbocycles. The van der Waals surface area contributed by atoms with Crippen LogP contribution in [0.2, 0.25) is 5.02 Å². The number of hydrogen-bond donors (Lipinski definition) is 1. The summed E-state index contributed by atoms with van der Waals surface area (Å²) in [4.78, 5) is 13.5. The molecule has 0 bridgehead atoms. The Morgan fingerprint density at radius 1 is 1.35 bits per heavy atom. The van der Waals surface area contributed by atoms with Crippen molar-refractivity contribution in [1.29, 1.82) is 0 Å². The van der Waals surface area contributed by atoms with E-state index in [1.165, 1.54) is 0 Å². The van der Waals surface area contributed by atoms with E-state index in [1.54, 1.807) is 0 Å². The largest absolute Gasteiger partial charge is 0.370 e. The number of halogens is 1. The third-order valence-electron chi connectivity index (χ3n) is 3.06. The van der Waals surface area contributed by atoms with Crippen LogP contribution < -0.4 is 10.2 Å². The summed E-state index contributed by atoms with van der Waals surface area (Å²) < 4.78 is 0. The number of benzene rings is 1. The number of carbonyl (C=O) groups is 1. The SMILES string of the molecule is Cc1ccc(N2CCCC(=O)NCC2)cc1Cl. The van der Waals surface area contributed by atoms with Crippen LogP contribution in [0.3, 0.4) is 0 Å². The second-order valence-electron chi connectivity index (χ2n) is 4.37. The Balaban J connectivity index is 2.09. The number of nitrogens with zero attached hydrogens (tertiary/aromatic N) is 1. The molecular weight excluding hydrogens is 236 g/mol. The van der Waals surface area contributed by atoms with Crippen molar-refractivity contribution in [3.63, 3.8) is 0 Å². The maximum absolute atomic E-state index is 11.2. The van der Waals surface area contributed by atoms with Crippen molar-refractivity contribution in [2.75, 3.05) is 24.5 Å². The summed E-state index contributed by atoms with van der Waals surface area (Å²) in [6, 6.07) is 6.12. The molecule has 1 fully saturated rings. The first-order chi connectivity index (χ1) is 8.16. The highest BCUT2D eigenvalue weighted by Crippen LogP contribution is 2.23. The van der Waals surface area contributed by atoms with Gasteiger partial charge in [0.25, 0.3) is 0 Å². The van der Waals surface area contributed by atoms with Crippen molar-refractivity contribution in [1.82, 2.24) is 5.32 Å². The number of rotatable bonds is 1. The Hall–Kier alpha value is -1.22. The maximum Gasteiger partial charge on any atom is 0.220 e. The van der Waals surface area contributed by atoms with Crippen LogP contribution in [-0.2, 0) is 4.79 Å². The first-order valence-corrected chi connectivity index (χ1v) is 6.32. The zero-order valence-electron chi connectivity index (χ0n) is 10.0. The van der Waals surface area contributed by atoms with Gasteiger partial charge in [0.15, 0.2) is 0 Å². The topological polar surface area (TPSA) is 32.3 Å². The normalized spacial score (nSPS) is 17.3. The molecule has 3 nitrogen and oxygen atoms in total. The quantitative estimate of drug-likeness (QED) is 0.832. The molecule has 0 spiro atoms. The number of carbonyl (C=O) groups excluding carboxylic acids is 1. The van der Waals surface area contributed by atoms with E-state index in [0.717, 1.165) is 35.8 Å². The predicted molar refractivity (Wildman–Crippen MR) is 70.6 cm³/mol. The monoisotopic (exact) mass is 252 g/mol. The van der Waals surface area contributed by atoms with Crippen LogP contribution in [0.1, 0.15) is 18.4 Å². The molecule has 1 aliphatic rings. The fourth-order valence-corrected chi connectivity index (χ4v) is 2.17. The van der Waals surface area contributed by atoms with Crippen LogP contribution in [0.15, 0.2) is 18.2 Å². The Bertz CT molecular complexity index is 408. The van der Waals surface area contributed by atoms with Gasteiger partial charge in [-0.3, -0.25) is 4.79 Å². The Labute approximate surface area is 107 Å². The van der Waals surface area contributed by atoms with Gasteiger partial charge in [-0.1, -0.05) is 17.7 Å².